The van der Waals surface area contributed by atoms with Crippen molar-refractivity contribution < 1.29 is 9.47 Å². The highest BCUT2D eigenvalue weighted by molar-refractivity contribution is 14.0. The number of hydrogen-bond donors (Lipinski definition) is 2. The molecule has 0 saturated carbocycles. The van der Waals surface area contributed by atoms with Gasteiger partial charge in [-0.1, -0.05) is 25.0 Å². The highest BCUT2D eigenvalue weighted by atomic mass is 127. The summed E-state index contributed by atoms with van der Waals surface area (Å²) in [5.41, 5.74) is 1.19. The molecule has 0 aromatic heterocycles. The molecule has 1 aromatic rings. The summed E-state index contributed by atoms with van der Waals surface area (Å²) < 4.78 is 11.4. The molecule has 2 aliphatic heterocycles. The van der Waals surface area contributed by atoms with Crippen LogP contribution in [0.5, 0.6) is 5.75 Å². The first-order chi connectivity index (χ1) is 15.3. The molecule has 0 amide bonds. The molecule has 0 aliphatic carbocycles. The molecule has 0 bridgehead atoms. The summed E-state index contributed by atoms with van der Waals surface area (Å²) in [5, 5.41) is 6.86. The smallest absolute Gasteiger partial charge is 0.191 e. The van der Waals surface area contributed by atoms with Gasteiger partial charge in [0.2, 0.25) is 0 Å². The van der Waals surface area contributed by atoms with Crippen molar-refractivity contribution in [1.82, 2.24) is 20.4 Å². The summed E-state index contributed by atoms with van der Waals surface area (Å²) in [4.78, 5) is 9.35. The lowest BCUT2D eigenvalue weighted by Crippen LogP contribution is -2.38. The van der Waals surface area contributed by atoms with E-state index in [1.807, 2.05) is 13.1 Å². The number of hydrogen-bond acceptors (Lipinski definition) is 5. The fraction of sp³-hybridized carbons (Fsp3) is 0.708. The Morgan fingerprint density at radius 3 is 2.50 bits per heavy atom. The van der Waals surface area contributed by atoms with Crippen molar-refractivity contribution in [2.45, 2.75) is 38.6 Å². The molecule has 1 aromatic carbocycles. The van der Waals surface area contributed by atoms with E-state index in [1.54, 1.807) is 0 Å². The van der Waals surface area contributed by atoms with Gasteiger partial charge < -0.3 is 25.0 Å². The Morgan fingerprint density at radius 2 is 1.75 bits per heavy atom. The molecule has 2 heterocycles. The number of morpholine rings is 1. The molecule has 7 nitrogen and oxygen atoms in total. The minimum atomic E-state index is 0. The molecule has 2 fully saturated rings. The van der Waals surface area contributed by atoms with Crippen molar-refractivity contribution >= 4 is 29.9 Å². The lowest BCUT2D eigenvalue weighted by molar-refractivity contribution is 0.0322. The number of nitrogens with zero attached hydrogens (tertiary/aromatic N) is 3. The largest absolute Gasteiger partial charge is 0.492 e. The van der Waals surface area contributed by atoms with Crippen molar-refractivity contribution in [1.29, 1.82) is 0 Å². The van der Waals surface area contributed by atoms with Gasteiger partial charge in [0.15, 0.2) is 5.96 Å². The summed E-state index contributed by atoms with van der Waals surface area (Å²) in [5.74, 6) is 1.78. The number of nitrogens with one attached hydrogen (secondary N) is 2. The number of benzene rings is 1. The number of rotatable bonds is 10. The van der Waals surface area contributed by atoms with Crippen LogP contribution >= 0.6 is 24.0 Å². The van der Waals surface area contributed by atoms with Gasteiger partial charge in [0.1, 0.15) is 12.4 Å². The summed E-state index contributed by atoms with van der Waals surface area (Å²) in [6.45, 7) is 10.7. The Kier molecular flexibility index (Phi) is 14.0. The van der Waals surface area contributed by atoms with Crippen molar-refractivity contribution in [3.8, 4) is 5.75 Å². The highest BCUT2D eigenvalue weighted by Crippen LogP contribution is 2.13. The second-order valence-electron chi connectivity index (χ2n) is 8.41. The normalized spacial score (nSPS) is 18.5. The van der Waals surface area contributed by atoms with Gasteiger partial charge in [-0.3, -0.25) is 9.89 Å². The topological polar surface area (TPSA) is 61.4 Å². The number of likely N-dealkylation sites (tertiary alicyclic amines) is 1. The molecule has 0 spiro atoms. The zero-order valence-corrected chi connectivity index (χ0v) is 22.0. The molecule has 0 radical (unpaired) electrons. The molecule has 2 saturated heterocycles. The maximum absolute atomic E-state index is 5.97. The van der Waals surface area contributed by atoms with Crippen LogP contribution in [0.2, 0.25) is 0 Å². The molecule has 3 rings (SSSR count). The Labute approximate surface area is 211 Å². The predicted molar refractivity (Wildman–Crippen MR) is 142 cm³/mol. The SMILES string of the molecule is CN=C(NCCCN1CCCCCC1)NCc1cccc(OCCN2CCOCC2)c1.I. The van der Waals surface area contributed by atoms with Crippen LogP contribution in [0, 0.1) is 0 Å². The van der Waals surface area contributed by atoms with Gasteiger partial charge in [-0.15, -0.1) is 24.0 Å². The molecular weight excluding hydrogens is 517 g/mol. The number of guanidine groups is 1. The van der Waals surface area contributed by atoms with Gasteiger partial charge in [0.25, 0.3) is 0 Å². The number of halogens is 1. The Bertz CT molecular complexity index is 647. The highest BCUT2D eigenvalue weighted by Gasteiger charge is 2.10. The third-order valence-electron chi connectivity index (χ3n) is 6.00. The van der Waals surface area contributed by atoms with E-state index in [2.05, 4.69) is 43.6 Å². The third kappa shape index (κ3) is 10.7. The van der Waals surface area contributed by atoms with E-state index >= 15 is 0 Å². The summed E-state index contributed by atoms with van der Waals surface area (Å²) in [7, 11) is 1.83. The van der Waals surface area contributed by atoms with Crippen molar-refractivity contribution in [2.75, 3.05) is 72.7 Å². The number of aliphatic imine (C=N–C) groups is 1. The first-order valence-electron chi connectivity index (χ1n) is 12.0. The van der Waals surface area contributed by atoms with Gasteiger partial charge in [0, 0.05) is 39.8 Å². The minimum absolute atomic E-state index is 0. The minimum Gasteiger partial charge on any atom is -0.492 e. The van der Waals surface area contributed by atoms with Gasteiger partial charge in [-0.25, -0.2) is 0 Å². The average Bonchev–Trinajstić information content (AvgIpc) is 3.08. The predicted octanol–water partition coefficient (Wildman–Crippen LogP) is 2.95. The van der Waals surface area contributed by atoms with E-state index in [9.17, 15) is 0 Å². The van der Waals surface area contributed by atoms with Crippen molar-refractivity contribution in [3.05, 3.63) is 29.8 Å². The zero-order valence-electron chi connectivity index (χ0n) is 19.7. The molecule has 182 valence electrons. The summed E-state index contributed by atoms with van der Waals surface area (Å²) in [6.07, 6.45) is 6.64. The van der Waals surface area contributed by atoms with E-state index in [4.69, 9.17) is 9.47 Å². The van der Waals surface area contributed by atoms with Crippen LogP contribution in [0.1, 0.15) is 37.7 Å². The first-order valence-corrected chi connectivity index (χ1v) is 12.0. The second kappa shape index (κ2) is 16.5. The number of ether oxygens (including phenoxy) is 2. The quantitative estimate of drug-likeness (QED) is 0.199. The molecule has 8 heteroatoms. The fourth-order valence-corrected chi connectivity index (χ4v) is 4.14. The molecule has 2 N–H and O–H groups in total. The van der Waals surface area contributed by atoms with Gasteiger partial charge >= 0.3 is 0 Å². The van der Waals surface area contributed by atoms with Crippen LogP contribution in [-0.2, 0) is 11.3 Å². The van der Waals surface area contributed by atoms with Crippen LogP contribution in [0.4, 0.5) is 0 Å². The molecule has 0 unspecified atom stereocenters. The zero-order chi connectivity index (χ0) is 21.6. The first kappa shape index (κ1) is 27.1. The van der Waals surface area contributed by atoms with Gasteiger partial charge in [0.05, 0.1) is 13.2 Å². The van der Waals surface area contributed by atoms with Crippen LogP contribution in [0.25, 0.3) is 0 Å². The average molecular weight is 560 g/mol. The lowest BCUT2D eigenvalue weighted by atomic mass is 10.2. The Hall–Kier alpha value is -1.10. The van der Waals surface area contributed by atoms with Crippen molar-refractivity contribution in [3.63, 3.8) is 0 Å². The van der Waals surface area contributed by atoms with Crippen LogP contribution in [-0.4, -0.2) is 88.4 Å². The van der Waals surface area contributed by atoms with E-state index < -0.39 is 0 Å². The molecule has 2 aliphatic rings. The van der Waals surface area contributed by atoms with E-state index in [-0.39, 0.29) is 24.0 Å². The Balaban J connectivity index is 0.00000363. The van der Waals surface area contributed by atoms with E-state index in [0.29, 0.717) is 6.61 Å². The Morgan fingerprint density at radius 1 is 1.00 bits per heavy atom. The molecular formula is C24H42IN5O2. The van der Waals surface area contributed by atoms with E-state index in [1.165, 1.54) is 50.9 Å². The maximum atomic E-state index is 5.97. The maximum Gasteiger partial charge on any atom is 0.191 e. The van der Waals surface area contributed by atoms with Crippen LogP contribution in [0.15, 0.2) is 29.3 Å². The molecule has 0 atom stereocenters. The van der Waals surface area contributed by atoms with Crippen molar-refractivity contribution in [2.24, 2.45) is 4.99 Å². The fourth-order valence-electron chi connectivity index (χ4n) is 4.14. The monoisotopic (exact) mass is 559 g/mol. The lowest BCUT2D eigenvalue weighted by Gasteiger charge is -2.26. The van der Waals surface area contributed by atoms with Crippen LogP contribution in [0.3, 0.4) is 0 Å². The van der Waals surface area contributed by atoms with Gasteiger partial charge in [-0.2, -0.15) is 0 Å². The summed E-state index contributed by atoms with van der Waals surface area (Å²) >= 11 is 0. The molecule has 32 heavy (non-hydrogen) atoms. The second-order valence-corrected chi connectivity index (χ2v) is 8.41. The van der Waals surface area contributed by atoms with Gasteiger partial charge in [-0.05, 0) is 56.6 Å². The van der Waals surface area contributed by atoms with Crippen LogP contribution < -0.4 is 15.4 Å². The third-order valence-corrected chi connectivity index (χ3v) is 6.00. The standard InChI is InChI=1S/C24H41N5O2.HI/c1-25-24(26-10-7-13-28-11-4-2-3-5-12-28)27-21-22-8-6-9-23(20-22)31-19-16-29-14-17-30-18-15-29;/h6,8-9,20H,2-5,7,10-19,21H2,1H3,(H2,25,26,27);1H. The van der Waals surface area contributed by atoms with E-state index in [0.717, 1.165) is 64.1 Å². The summed E-state index contributed by atoms with van der Waals surface area (Å²) in [6, 6.07) is 8.31.